The van der Waals surface area contributed by atoms with Gasteiger partial charge in [-0.3, -0.25) is 4.40 Å². The van der Waals surface area contributed by atoms with E-state index in [-0.39, 0.29) is 5.54 Å². The number of pyridine rings is 1. The Balaban J connectivity index is 1.79. The number of hydrogen-bond acceptors (Lipinski definition) is 3. The van der Waals surface area contributed by atoms with E-state index in [4.69, 9.17) is 0 Å². The van der Waals surface area contributed by atoms with Crippen molar-refractivity contribution in [2.75, 3.05) is 26.0 Å². The van der Waals surface area contributed by atoms with Gasteiger partial charge in [0.25, 0.3) is 0 Å². The Morgan fingerprint density at radius 3 is 3.05 bits per heavy atom. The van der Waals surface area contributed by atoms with Crippen LogP contribution in [0.2, 0.25) is 0 Å². The van der Waals surface area contributed by atoms with Gasteiger partial charge in [-0.05, 0) is 45.0 Å². The molecule has 114 valence electrons. The molecule has 0 saturated heterocycles. The first-order chi connectivity index (χ1) is 10.1. The molecule has 0 spiro atoms. The van der Waals surface area contributed by atoms with Crippen molar-refractivity contribution in [1.82, 2.24) is 14.3 Å². The lowest BCUT2D eigenvalue weighted by Crippen LogP contribution is -2.52. The van der Waals surface area contributed by atoms with Crippen molar-refractivity contribution in [2.45, 2.75) is 38.1 Å². The number of fused-ring (bicyclic) bond motifs is 1. The smallest absolute Gasteiger partial charge is 0.138 e. The maximum absolute atomic E-state index is 4.35. The minimum atomic E-state index is 0.264. The fourth-order valence-electron chi connectivity index (χ4n) is 3.70. The molecule has 1 fully saturated rings. The second kappa shape index (κ2) is 5.68. The van der Waals surface area contributed by atoms with Gasteiger partial charge < -0.3 is 10.2 Å². The predicted octanol–water partition coefficient (Wildman–Crippen LogP) is 3.26. The van der Waals surface area contributed by atoms with Gasteiger partial charge in [0.1, 0.15) is 11.5 Å². The highest BCUT2D eigenvalue weighted by Gasteiger charge is 2.36. The molecule has 3 rings (SSSR count). The summed E-state index contributed by atoms with van der Waals surface area (Å²) in [4.78, 5) is 6.77. The highest BCUT2D eigenvalue weighted by molar-refractivity contribution is 5.50. The van der Waals surface area contributed by atoms with E-state index in [0.29, 0.717) is 0 Å². The third kappa shape index (κ3) is 2.77. The molecule has 0 aliphatic heterocycles. The molecule has 1 aliphatic rings. The summed E-state index contributed by atoms with van der Waals surface area (Å²) >= 11 is 0. The normalized spacial score (nSPS) is 26.4. The second-order valence-electron chi connectivity index (χ2n) is 6.74. The number of aromatic nitrogens is 2. The molecule has 2 aromatic heterocycles. The Morgan fingerprint density at radius 2 is 2.29 bits per heavy atom. The monoisotopic (exact) mass is 286 g/mol. The number of rotatable bonds is 4. The minimum Gasteiger partial charge on any atom is -0.369 e. The van der Waals surface area contributed by atoms with Crippen LogP contribution in [-0.4, -0.2) is 40.5 Å². The van der Waals surface area contributed by atoms with Crippen LogP contribution in [0.5, 0.6) is 0 Å². The van der Waals surface area contributed by atoms with Crippen molar-refractivity contribution in [1.29, 1.82) is 0 Å². The second-order valence-corrected chi connectivity index (χ2v) is 6.74. The van der Waals surface area contributed by atoms with Crippen LogP contribution in [0.4, 0.5) is 5.82 Å². The molecule has 1 N–H and O–H groups in total. The number of hydrogen-bond donors (Lipinski definition) is 1. The lowest BCUT2D eigenvalue weighted by atomic mass is 9.75. The standard InChI is InChI=1S/C17H26N4/c1-14-6-5-9-17(12-14,20(2)3)13-19-16-8-4-7-15-18-10-11-21(15)16/h4,7-8,10-11,14,19H,5-6,9,12-13H2,1-3H3. The van der Waals surface area contributed by atoms with Crippen LogP contribution in [0.1, 0.15) is 32.6 Å². The zero-order valence-electron chi connectivity index (χ0n) is 13.3. The molecule has 0 aromatic carbocycles. The summed E-state index contributed by atoms with van der Waals surface area (Å²) in [6, 6.07) is 6.23. The molecule has 2 aromatic rings. The van der Waals surface area contributed by atoms with Crippen molar-refractivity contribution >= 4 is 11.5 Å². The summed E-state index contributed by atoms with van der Waals surface area (Å²) in [6.07, 6.45) is 9.11. The molecule has 1 saturated carbocycles. The molecular formula is C17H26N4. The fourth-order valence-corrected chi connectivity index (χ4v) is 3.70. The van der Waals surface area contributed by atoms with E-state index in [0.717, 1.165) is 23.9 Å². The fraction of sp³-hybridized carbons (Fsp3) is 0.588. The number of likely N-dealkylation sites (N-methyl/N-ethyl adjacent to an activating group) is 1. The summed E-state index contributed by atoms with van der Waals surface area (Å²) < 4.78 is 2.12. The molecule has 0 radical (unpaired) electrons. The Morgan fingerprint density at radius 1 is 1.43 bits per heavy atom. The van der Waals surface area contributed by atoms with E-state index < -0.39 is 0 Å². The Labute approximate surface area is 127 Å². The summed E-state index contributed by atoms with van der Waals surface area (Å²) in [6.45, 7) is 3.37. The van der Waals surface area contributed by atoms with Gasteiger partial charge in [0.05, 0.1) is 0 Å². The Kier molecular flexibility index (Phi) is 3.89. The number of nitrogens with one attached hydrogen (secondary N) is 1. The average molecular weight is 286 g/mol. The van der Waals surface area contributed by atoms with Crippen LogP contribution in [0.3, 0.4) is 0 Å². The first-order valence-corrected chi connectivity index (χ1v) is 7.94. The molecular weight excluding hydrogens is 260 g/mol. The van der Waals surface area contributed by atoms with Gasteiger partial charge in [-0.2, -0.15) is 0 Å². The molecule has 1 aliphatic carbocycles. The van der Waals surface area contributed by atoms with Crippen LogP contribution >= 0.6 is 0 Å². The predicted molar refractivity (Wildman–Crippen MR) is 87.7 cm³/mol. The third-order valence-electron chi connectivity index (χ3n) is 5.04. The lowest BCUT2D eigenvalue weighted by molar-refractivity contribution is 0.0881. The van der Waals surface area contributed by atoms with Gasteiger partial charge in [0.15, 0.2) is 0 Å². The van der Waals surface area contributed by atoms with Crippen LogP contribution in [0, 0.1) is 5.92 Å². The summed E-state index contributed by atoms with van der Waals surface area (Å²) in [5.74, 6) is 1.94. The largest absolute Gasteiger partial charge is 0.369 e. The van der Waals surface area contributed by atoms with E-state index in [9.17, 15) is 0 Å². The quantitative estimate of drug-likeness (QED) is 0.936. The molecule has 2 unspecified atom stereocenters. The molecule has 2 atom stereocenters. The van der Waals surface area contributed by atoms with Crippen molar-refractivity contribution in [2.24, 2.45) is 5.92 Å². The van der Waals surface area contributed by atoms with Crippen molar-refractivity contribution < 1.29 is 0 Å². The number of anilines is 1. The van der Waals surface area contributed by atoms with Crippen molar-refractivity contribution in [3.63, 3.8) is 0 Å². The summed E-state index contributed by atoms with van der Waals surface area (Å²) in [5.41, 5.74) is 1.26. The first kappa shape index (κ1) is 14.4. The number of nitrogens with zero attached hydrogens (tertiary/aromatic N) is 3. The first-order valence-electron chi connectivity index (χ1n) is 7.94. The SMILES string of the molecule is CC1CCCC(CNc2cccc3nccn23)(N(C)C)C1. The maximum Gasteiger partial charge on any atom is 0.138 e. The average Bonchev–Trinajstić information content (AvgIpc) is 2.94. The summed E-state index contributed by atoms with van der Waals surface area (Å²) in [7, 11) is 4.44. The highest BCUT2D eigenvalue weighted by atomic mass is 15.2. The van der Waals surface area contributed by atoms with Gasteiger partial charge in [0, 0.05) is 24.5 Å². The zero-order valence-corrected chi connectivity index (χ0v) is 13.3. The zero-order chi connectivity index (χ0) is 14.9. The summed E-state index contributed by atoms with van der Waals surface area (Å²) in [5, 5.41) is 3.67. The molecule has 4 heteroatoms. The Bertz CT molecular complexity index is 604. The van der Waals surface area contributed by atoms with Gasteiger partial charge in [-0.15, -0.1) is 0 Å². The van der Waals surface area contributed by atoms with Gasteiger partial charge in [-0.1, -0.05) is 25.8 Å². The van der Waals surface area contributed by atoms with Gasteiger partial charge >= 0.3 is 0 Å². The molecule has 0 amide bonds. The van der Waals surface area contributed by atoms with Crippen LogP contribution < -0.4 is 5.32 Å². The molecule has 2 heterocycles. The maximum atomic E-state index is 4.35. The third-order valence-corrected chi connectivity index (χ3v) is 5.04. The van der Waals surface area contributed by atoms with Crippen LogP contribution in [0.25, 0.3) is 5.65 Å². The van der Waals surface area contributed by atoms with Gasteiger partial charge in [-0.25, -0.2) is 4.98 Å². The van der Waals surface area contributed by atoms with Crippen molar-refractivity contribution in [3.05, 3.63) is 30.6 Å². The van der Waals surface area contributed by atoms with Crippen molar-refractivity contribution in [3.8, 4) is 0 Å². The lowest BCUT2D eigenvalue weighted by Gasteiger charge is -2.45. The van der Waals surface area contributed by atoms with E-state index in [1.54, 1.807) is 0 Å². The van der Waals surface area contributed by atoms with Crippen LogP contribution in [-0.2, 0) is 0 Å². The van der Waals surface area contributed by atoms with E-state index in [1.807, 2.05) is 18.5 Å². The minimum absolute atomic E-state index is 0.264. The van der Waals surface area contributed by atoms with Crippen LogP contribution in [0.15, 0.2) is 30.6 Å². The van der Waals surface area contributed by atoms with E-state index >= 15 is 0 Å². The highest BCUT2D eigenvalue weighted by Crippen LogP contribution is 2.35. The molecule has 21 heavy (non-hydrogen) atoms. The molecule has 0 bridgehead atoms. The topological polar surface area (TPSA) is 32.6 Å². The van der Waals surface area contributed by atoms with Gasteiger partial charge in [0.2, 0.25) is 0 Å². The molecule has 4 nitrogen and oxygen atoms in total. The Hall–Kier alpha value is -1.55. The van der Waals surface area contributed by atoms with E-state index in [1.165, 1.54) is 25.7 Å². The number of imidazole rings is 1. The van der Waals surface area contributed by atoms with E-state index in [2.05, 4.69) is 52.8 Å².